The van der Waals surface area contributed by atoms with Crippen molar-refractivity contribution in [3.63, 3.8) is 0 Å². The zero-order chi connectivity index (χ0) is 12.1. The van der Waals surface area contributed by atoms with Crippen molar-refractivity contribution >= 4 is 23.1 Å². The highest BCUT2D eigenvalue weighted by Crippen LogP contribution is 2.20. The fourth-order valence-electron chi connectivity index (χ4n) is 1.42. The van der Waals surface area contributed by atoms with Crippen LogP contribution >= 0.6 is 11.8 Å². The molecule has 16 heavy (non-hydrogen) atoms. The van der Waals surface area contributed by atoms with E-state index in [1.165, 1.54) is 12.1 Å². The third-order valence-electron chi connectivity index (χ3n) is 2.54. The predicted molar refractivity (Wildman–Crippen MR) is 69.3 cm³/mol. The first-order chi connectivity index (χ1) is 7.56. The van der Waals surface area contributed by atoms with Crippen LogP contribution in [0, 0.1) is 10.1 Å². The van der Waals surface area contributed by atoms with Gasteiger partial charge in [-0.25, -0.2) is 0 Å². The second-order valence-electron chi connectivity index (χ2n) is 3.69. The second kappa shape index (κ2) is 5.75. The molecule has 0 heterocycles. The summed E-state index contributed by atoms with van der Waals surface area (Å²) in [5, 5.41) is 10.5. The summed E-state index contributed by atoms with van der Waals surface area (Å²) in [6.07, 6.45) is 2.07. The third-order valence-corrected chi connectivity index (χ3v) is 3.35. The summed E-state index contributed by atoms with van der Waals surface area (Å²) in [5.41, 5.74) is 1.14. The molecule has 1 atom stereocenters. The number of anilines is 1. The molecule has 1 unspecified atom stereocenters. The molecule has 1 aromatic carbocycles. The Balaban J connectivity index is 2.77. The number of nitrogens with zero attached hydrogens (tertiary/aromatic N) is 2. The van der Waals surface area contributed by atoms with Gasteiger partial charge in [0, 0.05) is 36.7 Å². The molecule has 1 rings (SSSR count). The lowest BCUT2D eigenvalue weighted by Gasteiger charge is -2.26. The average molecular weight is 240 g/mol. The number of non-ortho nitro benzene ring substituents is 1. The minimum absolute atomic E-state index is 0.134. The van der Waals surface area contributed by atoms with Crippen molar-refractivity contribution in [1.82, 2.24) is 0 Å². The van der Waals surface area contributed by atoms with Gasteiger partial charge < -0.3 is 4.90 Å². The van der Waals surface area contributed by atoms with Crippen LogP contribution in [0.4, 0.5) is 11.4 Å². The molecular weight excluding hydrogens is 224 g/mol. The Hall–Kier alpha value is -1.23. The first kappa shape index (κ1) is 12.8. The third kappa shape index (κ3) is 3.13. The van der Waals surface area contributed by atoms with Crippen LogP contribution in [0.2, 0.25) is 0 Å². The molecule has 0 N–H and O–H groups in total. The molecule has 0 saturated heterocycles. The van der Waals surface area contributed by atoms with E-state index >= 15 is 0 Å². The molecule has 4 nitrogen and oxygen atoms in total. The Morgan fingerprint density at radius 2 is 2.00 bits per heavy atom. The van der Waals surface area contributed by atoms with E-state index in [-0.39, 0.29) is 10.6 Å². The summed E-state index contributed by atoms with van der Waals surface area (Å²) in [4.78, 5) is 12.3. The normalized spacial score (nSPS) is 12.2. The van der Waals surface area contributed by atoms with Crippen molar-refractivity contribution < 1.29 is 4.92 Å². The monoisotopic (exact) mass is 240 g/mol. The van der Waals surface area contributed by atoms with Crippen molar-refractivity contribution in [2.75, 3.05) is 24.0 Å². The molecule has 0 aliphatic rings. The van der Waals surface area contributed by atoms with Crippen molar-refractivity contribution in [2.24, 2.45) is 0 Å². The van der Waals surface area contributed by atoms with E-state index in [4.69, 9.17) is 0 Å². The SMILES string of the molecule is CSCC(C)N(C)c1ccc([N+](=O)[O-])cc1. The first-order valence-electron chi connectivity index (χ1n) is 5.02. The maximum Gasteiger partial charge on any atom is 0.269 e. The lowest BCUT2D eigenvalue weighted by molar-refractivity contribution is -0.384. The smallest absolute Gasteiger partial charge is 0.269 e. The second-order valence-corrected chi connectivity index (χ2v) is 4.60. The molecule has 5 heteroatoms. The van der Waals surface area contributed by atoms with Gasteiger partial charge in [-0.1, -0.05) is 0 Å². The molecule has 0 aliphatic heterocycles. The maximum absolute atomic E-state index is 10.5. The topological polar surface area (TPSA) is 46.4 Å². The van der Waals surface area contributed by atoms with E-state index in [2.05, 4.69) is 18.1 Å². The van der Waals surface area contributed by atoms with Gasteiger partial charge >= 0.3 is 0 Å². The van der Waals surface area contributed by atoms with E-state index in [1.54, 1.807) is 23.9 Å². The fourth-order valence-corrected chi connectivity index (χ4v) is 2.12. The molecule has 0 spiro atoms. The summed E-state index contributed by atoms with van der Waals surface area (Å²) >= 11 is 1.79. The van der Waals surface area contributed by atoms with Gasteiger partial charge in [-0.05, 0) is 25.3 Å². The molecular formula is C11H16N2O2S. The lowest BCUT2D eigenvalue weighted by atomic mass is 10.2. The molecule has 0 fully saturated rings. The molecule has 0 radical (unpaired) electrons. The van der Waals surface area contributed by atoms with Crippen molar-refractivity contribution in [3.05, 3.63) is 34.4 Å². The lowest BCUT2D eigenvalue weighted by Crippen LogP contribution is -2.30. The Morgan fingerprint density at radius 1 is 1.44 bits per heavy atom. The van der Waals surface area contributed by atoms with Crippen LogP contribution in [0.3, 0.4) is 0 Å². The number of nitro groups is 1. The highest BCUT2D eigenvalue weighted by Gasteiger charge is 2.11. The van der Waals surface area contributed by atoms with Crippen LogP contribution in [0.15, 0.2) is 24.3 Å². The van der Waals surface area contributed by atoms with Crippen molar-refractivity contribution in [2.45, 2.75) is 13.0 Å². The number of hydrogen-bond donors (Lipinski definition) is 0. The van der Waals surface area contributed by atoms with E-state index in [0.717, 1.165) is 11.4 Å². The number of rotatable bonds is 5. The molecule has 0 saturated carbocycles. The quantitative estimate of drug-likeness (QED) is 0.586. The van der Waals surface area contributed by atoms with Gasteiger partial charge in [0.1, 0.15) is 0 Å². The Bertz CT molecular complexity index is 354. The molecule has 0 aliphatic carbocycles. The van der Waals surface area contributed by atoms with Gasteiger partial charge in [0.05, 0.1) is 4.92 Å². The summed E-state index contributed by atoms with van der Waals surface area (Å²) < 4.78 is 0. The number of hydrogen-bond acceptors (Lipinski definition) is 4. The van der Waals surface area contributed by atoms with E-state index in [1.807, 2.05) is 7.05 Å². The average Bonchev–Trinajstić information content (AvgIpc) is 2.28. The highest BCUT2D eigenvalue weighted by molar-refractivity contribution is 7.98. The van der Waals surface area contributed by atoms with Crippen LogP contribution in [-0.2, 0) is 0 Å². The highest BCUT2D eigenvalue weighted by atomic mass is 32.2. The number of nitro benzene ring substituents is 1. The van der Waals surface area contributed by atoms with Crippen LogP contribution in [0.1, 0.15) is 6.92 Å². The largest absolute Gasteiger partial charge is 0.371 e. The van der Waals surface area contributed by atoms with E-state index < -0.39 is 0 Å². The van der Waals surface area contributed by atoms with Crippen LogP contribution in [-0.4, -0.2) is 30.0 Å². The van der Waals surface area contributed by atoms with Crippen molar-refractivity contribution in [1.29, 1.82) is 0 Å². The molecule has 88 valence electrons. The number of benzene rings is 1. The summed E-state index contributed by atoms with van der Waals surface area (Å²) in [6, 6.07) is 7.07. The Labute approximate surface area is 99.8 Å². The van der Waals surface area contributed by atoms with Crippen LogP contribution < -0.4 is 4.90 Å². The zero-order valence-corrected chi connectivity index (χ0v) is 10.5. The first-order valence-corrected chi connectivity index (χ1v) is 6.42. The summed E-state index contributed by atoms with van der Waals surface area (Å²) in [7, 11) is 2.00. The van der Waals surface area contributed by atoms with Crippen molar-refractivity contribution in [3.8, 4) is 0 Å². The molecule has 0 aromatic heterocycles. The maximum atomic E-state index is 10.5. The molecule has 1 aromatic rings. The van der Waals surface area contributed by atoms with Crippen LogP contribution in [0.5, 0.6) is 0 Å². The van der Waals surface area contributed by atoms with Gasteiger partial charge in [-0.15, -0.1) is 0 Å². The standard InChI is InChI=1S/C11H16N2O2S/c1-9(8-16-3)12(2)10-4-6-11(7-5-10)13(14)15/h4-7,9H,8H2,1-3H3. The summed E-state index contributed by atoms with van der Waals surface area (Å²) in [5.74, 6) is 1.04. The van der Waals surface area contributed by atoms with Crippen LogP contribution in [0.25, 0.3) is 0 Å². The van der Waals surface area contributed by atoms with Gasteiger partial charge in [0.15, 0.2) is 0 Å². The predicted octanol–water partition coefficient (Wildman–Crippen LogP) is 2.78. The van der Waals surface area contributed by atoms with Gasteiger partial charge in [-0.2, -0.15) is 11.8 Å². The number of thioether (sulfide) groups is 1. The molecule has 0 bridgehead atoms. The molecule has 0 amide bonds. The van der Waals surface area contributed by atoms with E-state index in [0.29, 0.717) is 6.04 Å². The Morgan fingerprint density at radius 3 is 2.44 bits per heavy atom. The minimum atomic E-state index is -0.380. The zero-order valence-electron chi connectivity index (χ0n) is 9.71. The minimum Gasteiger partial charge on any atom is -0.371 e. The van der Waals surface area contributed by atoms with E-state index in [9.17, 15) is 10.1 Å². The summed E-state index contributed by atoms with van der Waals surface area (Å²) in [6.45, 7) is 2.14. The van der Waals surface area contributed by atoms with Gasteiger partial charge in [-0.3, -0.25) is 10.1 Å². The fraction of sp³-hybridized carbons (Fsp3) is 0.455. The Kier molecular flexibility index (Phi) is 4.61. The van der Waals surface area contributed by atoms with Gasteiger partial charge in [0.25, 0.3) is 5.69 Å². The van der Waals surface area contributed by atoms with Gasteiger partial charge in [0.2, 0.25) is 0 Å².